The van der Waals surface area contributed by atoms with E-state index in [-0.39, 0.29) is 13.2 Å². The minimum atomic E-state index is -1.83. The topological polar surface area (TPSA) is 105 Å². The zero-order valence-corrected chi connectivity index (χ0v) is 10.0. The van der Waals surface area contributed by atoms with Gasteiger partial charge in [-0.15, -0.1) is 0 Å². The van der Waals surface area contributed by atoms with Gasteiger partial charge in [-0.25, -0.2) is 9.59 Å². The smallest absolute Gasteiger partial charge is 0.408 e. The Morgan fingerprint density at radius 3 is 2.41 bits per heavy atom. The zero-order chi connectivity index (χ0) is 13.3. The summed E-state index contributed by atoms with van der Waals surface area (Å²) in [6.45, 7) is 4.54. The number of carbonyl (C=O) groups excluding carboxylic acids is 1. The highest BCUT2D eigenvalue weighted by Crippen LogP contribution is 2.20. The molecule has 2 atom stereocenters. The summed E-state index contributed by atoms with van der Waals surface area (Å²) < 4.78 is 9.81. The highest BCUT2D eigenvalue weighted by Gasteiger charge is 2.52. The molecule has 0 aliphatic carbocycles. The fourth-order valence-corrected chi connectivity index (χ4v) is 1.43. The minimum absolute atomic E-state index is 0.137. The number of amides is 1. The molecule has 0 aromatic carbocycles. The Bertz CT molecular complexity index is 323. The summed E-state index contributed by atoms with van der Waals surface area (Å²) in [5.74, 6) is -1.35. The molecule has 1 fully saturated rings. The number of carbonyl (C=O) groups is 2. The van der Waals surface area contributed by atoms with Crippen LogP contribution in [0.1, 0.15) is 20.8 Å². The molecule has 7 nitrogen and oxygen atoms in total. The van der Waals surface area contributed by atoms with Crippen molar-refractivity contribution < 1.29 is 29.3 Å². The Morgan fingerprint density at radius 2 is 2.06 bits per heavy atom. The normalized spacial score (nSPS) is 28.8. The maximum absolute atomic E-state index is 11.5. The molecule has 1 amide bonds. The molecule has 3 N–H and O–H groups in total. The van der Waals surface area contributed by atoms with Gasteiger partial charge in [0.1, 0.15) is 11.7 Å². The first-order valence-corrected chi connectivity index (χ1v) is 5.18. The van der Waals surface area contributed by atoms with Crippen molar-refractivity contribution in [1.29, 1.82) is 0 Å². The lowest BCUT2D eigenvalue weighted by molar-refractivity contribution is -0.148. The van der Waals surface area contributed by atoms with Crippen LogP contribution in [0, 0.1) is 0 Å². The van der Waals surface area contributed by atoms with Crippen LogP contribution in [-0.4, -0.2) is 52.7 Å². The van der Waals surface area contributed by atoms with Gasteiger partial charge in [-0.05, 0) is 20.8 Å². The molecule has 0 radical (unpaired) electrons. The van der Waals surface area contributed by atoms with Gasteiger partial charge < -0.3 is 25.0 Å². The number of carboxylic acid groups (broad SMARTS) is 1. The molecule has 0 unspecified atom stereocenters. The van der Waals surface area contributed by atoms with Crippen LogP contribution in [-0.2, 0) is 14.3 Å². The second-order valence-corrected chi connectivity index (χ2v) is 4.93. The van der Waals surface area contributed by atoms with Crippen LogP contribution in [0.4, 0.5) is 4.79 Å². The van der Waals surface area contributed by atoms with Gasteiger partial charge in [0.05, 0.1) is 13.2 Å². The number of carboxylic acids is 1. The monoisotopic (exact) mass is 247 g/mol. The summed E-state index contributed by atoms with van der Waals surface area (Å²) in [4.78, 5) is 22.6. The van der Waals surface area contributed by atoms with E-state index in [0.29, 0.717) is 0 Å². The number of rotatable bonds is 2. The lowest BCUT2D eigenvalue weighted by atomic mass is 9.96. The van der Waals surface area contributed by atoms with Crippen LogP contribution in [0.15, 0.2) is 0 Å². The average Bonchev–Trinajstić information content (AvgIpc) is 2.45. The number of ether oxygens (including phenoxy) is 2. The molecule has 1 heterocycles. The maximum atomic E-state index is 11.5. The Labute approximate surface area is 98.7 Å². The van der Waals surface area contributed by atoms with E-state index in [1.54, 1.807) is 20.8 Å². The van der Waals surface area contributed by atoms with E-state index in [9.17, 15) is 14.7 Å². The van der Waals surface area contributed by atoms with Gasteiger partial charge in [0, 0.05) is 0 Å². The van der Waals surface area contributed by atoms with Crippen molar-refractivity contribution in [3.8, 4) is 0 Å². The highest BCUT2D eigenvalue weighted by molar-refractivity contribution is 5.85. The lowest BCUT2D eigenvalue weighted by Crippen LogP contribution is -2.62. The Hall–Kier alpha value is -1.34. The van der Waals surface area contributed by atoms with Crippen molar-refractivity contribution in [2.24, 2.45) is 0 Å². The first-order valence-electron chi connectivity index (χ1n) is 5.18. The number of aliphatic hydroxyl groups excluding tert-OH is 1. The Kier molecular flexibility index (Phi) is 3.63. The highest BCUT2D eigenvalue weighted by atomic mass is 16.6. The Morgan fingerprint density at radius 1 is 1.47 bits per heavy atom. The largest absolute Gasteiger partial charge is 0.479 e. The number of aliphatic hydroxyl groups is 1. The first kappa shape index (κ1) is 13.7. The van der Waals surface area contributed by atoms with Crippen LogP contribution < -0.4 is 5.32 Å². The van der Waals surface area contributed by atoms with Gasteiger partial charge in [-0.2, -0.15) is 0 Å². The van der Waals surface area contributed by atoms with Crippen molar-refractivity contribution in [3.63, 3.8) is 0 Å². The fourth-order valence-electron chi connectivity index (χ4n) is 1.43. The predicted molar refractivity (Wildman–Crippen MR) is 56.6 cm³/mol. The lowest BCUT2D eigenvalue weighted by Gasteiger charge is -2.29. The molecule has 17 heavy (non-hydrogen) atoms. The molecule has 1 aliphatic rings. The maximum Gasteiger partial charge on any atom is 0.408 e. The summed E-state index contributed by atoms with van der Waals surface area (Å²) >= 11 is 0. The third-order valence-corrected chi connectivity index (χ3v) is 2.28. The Balaban J connectivity index is 2.75. The molecular formula is C10H17NO6. The molecule has 0 saturated carbocycles. The number of hydrogen-bond acceptors (Lipinski definition) is 5. The SMILES string of the molecule is CC(C)(C)OC(=O)N[C@]1(C(=O)O)COC[C@@H]1O. The van der Waals surface area contributed by atoms with Crippen molar-refractivity contribution in [3.05, 3.63) is 0 Å². The summed E-state index contributed by atoms with van der Waals surface area (Å²) in [5, 5.41) is 20.8. The van der Waals surface area contributed by atoms with Gasteiger partial charge in [-0.3, -0.25) is 0 Å². The van der Waals surface area contributed by atoms with Gasteiger partial charge in [-0.1, -0.05) is 0 Å². The van der Waals surface area contributed by atoms with E-state index in [1.165, 1.54) is 0 Å². The van der Waals surface area contributed by atoms with Crippen molar-refractivity contribution in [2.45, 2.75) is 38.0 Å². The molecule has 1 aliphatic heterocycles. The number of alkyl carbamates (subject to hydrolysis) is 1. The molecule has 1 rings (SSSR count). The van der Waals surface area contributed by atoms with Crippen molar-refractivity contribution in [2.75, 3.05) is 13.2 Å². The minimum Gasteiger partial charge on any atom is -0.479 e. The van der Waals surface area contributed by atoms with Gasteiger partial charge in [0.15, 0.2) is 5.54 Å². The predicted octanol–water partition coefficient (Wildman–Crippen LogP) is -0.274. The first-order chi connectivity index (χ1) is 7.67. The van der Waals surface area contributed by atoms with E-state index < -0.39 is 29.3 Å². The molecule has 0 bridgehead atoms. The van der Waals surface area contributed by atoms with Crippen molar-refractivity contribution in [1.82, 2.24) is 5.32 Å². The summed E-state index contributed by atoms with van der Waals surface area (Å²) in [6, 6.07) is 0. The van der Waals surface area contributed by atoms with E-state index in [0.717, 1.165) is 0 Å². The van der Waals surface area contributed by atoms with Crippen LogP contribution in [0.2, 0.25) is 0 Å². The summed E-state index contributed by atoms with van der Waals surface area (Å²) in [7, 11) is 0. The van der Waals surface area contributed by atoms with E-state index in [2.05, 4.69) is 5.32 Å². The van der Waals surface area contributed by atoms with E-state index in [1.807, 2.05) is 0 Å². The zero-order valence-electron chi connectivity index (χ0n) is 10.0. The van der Waals surface area contributed by atoms with E-state index >= 15 is 0 Å². The molecule has 0 aromatic heterocycles. The van der Waals surface area contributed by atoms with Gasteiger partial charge in [0.25, 0.3) is 0 Å². The third kappa shape index (κ3) is 3.07. The van der Waals surface area contributed by atoms with Gasteiger partial charge in [0.2, 0.25) is 0 Å². The summed E-state index contributed by atoms with van der Waals surface area (Å²) in [6.07, 6.45) is -2.20. The standard InChI is InChI=1S/C10H17NO6/c1-9(2,3)17-8(15)11-10(7(13)14)5-16-4-6(10)12/h6,12H,4-5H2,1-3H3,(H,11,15)(H,13,14)/t6-,10+/m0/s1. The van der Waals surface area contributed by atoms with Crippen LogP contribution in [0.3, 0.4) is 0 Å². The van der Waals surface area contributed by atoms with E-state index in [4.69, 9.17) is 14.6 Å². The average molecular weight is 247 g/mol. The quantitative estimate of drug-likeness (QED) is 0.620. The van der Waals surface area contributed by atoms with Crippen LogP contribution in [0.5, 0.6) is 0 Å². The second kappa shape index (κ2) is 4.50. The second-order valence-electron chi connectivity index (χ2n) is 4.93. The number of aliphatic carboxylic acids is 1. The molecule has 7 heteroatoms. The number of hydrogen-bond donors (Lipinski definition) is 3. The molecule has 0 spiro atoms. The van der Waals surface area contributed by atoms with Gasteiger partial charge >= 0.3 is 12.1 Å². The molecule has 1 saturated heterocycles. The van der Waals surface area contributed by atoms with Crippen molar-refractivity contribution >= 4 is 12.1 Å². The molecular weight excluding hydrogens is 230 g/mol. The van der Waals surface area contributed by atoms with Crippen LogP contribution in [0.25, 0.3) is 0 Å². The molecule has 0 aromatic rings. The van der Waals surface area contributed by atoms with Crippen LogP contribution >= 0.6 is 0 Å². The third-order valence-electron chi connectivity index (χ3n) is 2.28. The fraction of sp³-hybridized carbons (Fsp3) is 0.800. The number of nitrogens with one attached hydrogen (secondary N) is 1. The summed E-state index contributed by atoms with van der Waals surface area (Å²) in [5.41, 5.74) is -2.57. The molecule has 98 valence electrons.